The minimum atomic E-state index is -3.01. The molecule has 1 unspecified atom stereocenters. The highest BCUT2D eigenvalue weighted by Gasteiger charge is 2.32. The first kappa shape index (κ1) is 14.5. The number of amides is 1. The number of hydrogen-bond donors (Lipinski definition) is 1. The summed E-state index contributed by atoms with van der Waals surface area (Å²) in [6.07, 6.45) is 1.37. The Kier molecular flexibility index (Phi) is 4.62. The van der Waals surface area contributed by atoms with Gasteiger partial charge >= 0.3 is 0 Å². The van der Waals surface area contributed by atoms with E-state index < -0.39 is 15.8 Å². The Morgan fingerprint density at radius 2 is 2.00 bits per heavy atom. The van der Waals surface area contributed by atoms with Gasteiger partial charge in [-0.15, -0.1) is 0 Å². The molecule has 1 aliphatic heterocycles. The van der Waals surface area contributed by atoms with E-state index in [1.165, 1.54) is 5.56 Å². The maximum absolute atomic E-state index is 11.9. The molecule has 1 aromatic carbocycles. The summed E-state index contributed by atoms with van der Waals surface area (Å²) < 4.78 is 22.7. The smallest absolute Gasteiger partial charge is 0.228 e. The number of carbonyl (C=O) groups excluding carboxylic acids is 1. The Bertz CT molecular complexity index is 554. The summed E-state index contributed by atoms with van der Waals surface area (Å²) in [4.78, 5) is 11.9. The molecule has 1 fully saturated rings. The first-order chi connectivity index (χ1) is 9.00. The summed E-state index contributed by atoms with van der Waals surface area (Å²) in [5.41, 5.74) is 1.91. The molecule has 0 saturated carbocycles. The molecule has 1 atom stereocenters. The fourth-order valence-electron chi connectivity index (χ4n) is 2.11. The molecule has 0 aliphatic carbocycles. The summed E-state index contributed by atoms with van der Waals surface area (Å²) >= 11 is 3.37. The van der Waals surface area contributed by atoms with E-state index in [0.717, 1.165) is 11.8 Å². The van der Waals surface area contributed by atoms with Crippen molar-refractivity contribution < 1.29 is 13.2 Å². The van der Waals surface area contributed by atoms with Gasteiger partial charge in [-0.05, 0) is 30.5 Å². The zero-order valence-corrected chi connectivity index (χ0v) is 12.8. The van der Waals surface area contributed by atoms with Crippen molar-refractivity contribution in [1.82, 2.24) is 0 Å². The van der Waals surface area contributed by atoms with Gasteiger partial charge in [0.2, 0.25) is 5.91 Å². The number of hydrogen-bond acceptors (Lipinski definition) is 3. The fraction of sp³-hybridized carbons (Fsp3) is 0.462. The molecule has 1 aliphatic rings. The van der Waals surface area contributed by atoms with Crippen molar-refractivity contribution in [2.45, 2.75) is 12.8 Å². The van der Waals surface area contributed by atoms with Gasteiger partial charge in [0.1, 0.15) is 0 Å². The van der Waals surface area contributed by atoms with Gasteiger partial charge in [-0.3, -0.25) is 4.79 Å². The summed E-state index contributed by atoms with van der Waals surface area (Å²) in [6, 6.07) is 7.61. The second-order valence-corrected chi connectivity index (χ2v) is 7.75. The number of carbonyl (C=O) groups is 1. The van der Waals surface area contributed by atoms with Gasteiger partial charge in [0.05, 0.1) is 17.4 Å². The topological polar surface area (TPSA) is 63.2 Å². The Balaban J connectivity index is 1.95. The summed E-state index contributed by atoms with van der Waals surface area (Å²) in [6.45, 7) is 0. The minimum absolute atomic E-state index is 0.0273. The molecular weight excluding hydrogens is 330 g/mol. The van der Waals surface area contributed by atoms with Gasteiger partial charge < -0.3 is 5.32 Å². The lowest BCUT2D eigenvalue weighted by Crippen LogP contribution is -2.23. The van der Waals surface area contributed by atoms with E-state index in [-0.39, 0.29) is 17.4 Å². The van der Waals surface area contributed by atoms with Crippen LogP contribution in [0.1, 0.15) is 12.0 Å². The molecule has 1 N–H and O–H groups in total. The van der Waals surface area contributed by atoms with Gasteiger partial charge in [0.25, 0.3) is 0 Å². The second kappa shape index (κ2) is 6.05. The van der Waals surface area contributed by atoms with Crippen LogP contribution in [0.5, 0.6) is 0 Å². The number of benzene rings is 1. The standard InChI is InChI=1S/C13H16BrNO3S/c14-7-5-10-1-3-12(4-2-10)15-13(16)11-6-8-19(17,18)9-11/h1-4,11H,5-9H2,(H,15,16). The average molecular weight is 346 g/mol. The summed E-state index contributed by atoms with van der Waals surface area (Å²) in [5, 5.41) is 3.68. The first-order valence-corrected chi connectivity index (χ1v) is 9.10. The van der Waals surface area contributed by atoms with Gasteiger partial charge in [0.15, 0.2) is 9.84 Å². The first-order valence-electron chi connectivity index (χ1n) is 6.16. The minimum Gasteiger partial charge on any atom is -0.326 e. The Labute approximate surface area is 121 Å². The molecule has 19 heavy (non-hydrogen) atoms. The van der Waals surface area contributed by atoms with Crippen LogP contribution >= 0.6 is 15.9 Å². The number of nitrogens with one attached hydrogen (secondary N) is 1. The van der Waals surface area contributed by atoms with E-state index in [2.05, 4.69) is 21.2 Å². The number of halogens is 1. The summed E-state index contributed by atoms with van der Waals surface area (Å²) in [7, 11) is -3.01. The Hall–Kier alpha value is -0.880. The second-order valence-electron chi connectivity index (χ2n) is 4.73. The molecule has 1 aromatic rings. The number of rotatable bonds is 4. The zero-order chi connectivity index (χ0) is 13.9. The lowest BCUT2D eigenvalue weighted by atomic mass is 10.1. The van der Waals surface area contributed by atoms with Crippen molar-refractivity contribution >= 4 is 37.4 Å². The zero-order valence-electron chi connectivity index (χ0n) is 10.4. The highest BCUT2D eigenvalue weighted by atomic mass is 79.9. The van der Waals surface area contributed by atoms with Crippen LogP contribution in [0.15, 0.2) is 24.3 Å². The Morgan fingerprint density at radius 1 is 1.32 bits per heavy atom. The van der Waals surface area contributed by atoms with Crippen molar-refractivity contribution in [2.75, 3.05) is 22.2 Å². The van der Waals surface area contributed by atoms with E-state index in [0.29, 0.717) is 12.1 Å². The van der Waals surface area contributed by atoms with Gasteiger partial charge in [-0.2, -0.15) is 0 Å². The molecule has 104 valence electrons. The van der Waals surface area contributed by atoms with Crippen LogP contribution in [0.3, 0.4) is 0 Å². The van der Waals surface area contributed by atoms with Crippen molar-refractivity contribution in [1.29, 1.82) is 0 Å². The molecule has 2 rings (SSSR count). The lowest BCUT2D eigenvalue weighted by molar-refractivity contribution is -0.119. The maximum Gasteiger partial charge on any atom is 0.228 e. The lowest BCUT2D eigenvalue weighted by Gasteiger charge is -2.09. The number of sulfone groups is 1. The molecule has 1 amide bonds. The van der Waals surface area contributed by atoms with E-state index in [1.54, 1.807) is 0 Å². The summed E-state index contributed by atoms with van der Waals surface area (Å²) in [5.74, 6) is -0.517. The van der Waals surface area contributed by atoms with E-state index in [1.807, 2.05) is 24.3 Å². The Morgan fingerprint density at radius 3 is 2.53 bits per heavy atom. The van der Waals surface area contributed by atoms with Crippen LogP contribution < -0.4 is 5.32 Å². The molecule has 4 nitrogen and oxygen atoms in total. The van der Waals surface area contributed by atoms with E-state index >= 15 is 0 Å². The number of anilines is 1. The third-order valence-corrected chi connectivity index (χ3v) is 5.37. The van der Waals surface area contributed by atoms with Crippen LogP contribution in [0, 0.1) is 5.92 Å². The third kappa shape index (κ3) is 4.04. The molecule has 0 spiro atoms. The van der Waals surface area contributed by atoms with Crippen LogP contribution in [-0.2, 0) is 21.1 Å². The predicted molar refractivity (Wildman–Crippen MR) is 79.3 cm³/mol. The van der Waals surface area contributed by atoms with Crippen molar-refractivity contribution in [3.63, 3.8) is 0 Å². The third-order valence-electron chi connectivity index (χ3n) is 3.21. The molecule has 0 radical (unpaired) electrons. The number of aryl methyl sites for hydroxylation is 1. The SMILES string of the molecule is O=C(Nc1ccc(CCBr)cc1)C1CCS(=O)(=O)C1. The molecule has 6 heteroatoms. The van der Waals surface area contributed by atoms with Gasteiger partial charge in [-0.25, -0.2) is 8.42 Å². The van der Waals surface area contributed by atoms with Crippen molar-refractivity contribution in [3.8, 4) is 0 Å². The van der Waals surface area contributed by atoms with Gasteiger partial charge in [-0.1, -0.05) is 28.1 Å². The van der Waals surface area contributed by atoms with Crippen LogP contribution in [0.2, 0.25) is 0 Å². The van der Waals surface area contributed by atoms with Crippen LogP contribution in [0.25, 0.3) is 0 Å². The number of alkyl halides is 1. The van der Waals surface area contributed by atoms with E-state index in [9.17, 15) is 13.2 Å². The van der Waals surface area contributed by atoms with Crippen LogP contribution in [-0.4, -0.2) is 31.2 Å². The monoisotopic (exact) mass is 345 g/mol. The molecule has 1 heterocycles. The highest BCUT2D eigenvalue weighted by molar-refractivity contribution is 9.09. The van der Waals surface area contributed by atoms with Crippen molar-refractivity contribution in [2.24, 2.45) is 5.92 Å². The molecular formula is C13H16BrNO3S. The molecule has 0 aromatic heterocycles. The highest BCUT2D eigenvalue weighted by Crippen LogP contribution is 2.20. The maximum atomic E-state index is 11.9. The molecule has 1 saturated heterocycles. The largest absolute Gasteiger partial charge is 0.326 e. The quantitative estimate of drug-likeness (QED) is 0.849. The molecule has 0 bridgehead atoms. The van der Waals surface area contributed by atoms with Crippen LogP contribution in [0.4, 0.5) is 5.69 Å². The van der Waals surface area contributed by atoms with E-state index in [4.69, 9.17) is 0 Å². The van der Waals surface area contributed by atoms with Crippen molar-refractivity contribution in [3.05, 3.63) is 29.8 Å². The average Bonchev–Trinajstić information content (AvgIpc) is 2.73. The predicted octanol–water partition coefficient (Wildman–Crippen LogP) is 2.00. The van der Waals surface area contributed by atoms with Gasteiger partial charge in [0, 0.05) is 11.0 Å². The fourth-order valence-corrected chi connectivity index (χ4v) is 4.31. The normalized spacial score (nSPS) is 21.2.